The largest absolute Gasteiger partial charge is 0.292 e. The summed E-state index contributed by atoms with van der Waals surface area (Å²) in [6.45, 7) is 0. The first kappa shape index (κ1) is 17.9. The molecule has 2 aliphatic rings. The van der Waals surface area contributed by atoms with Crippen LogP contribution in [0.5, 0.6) is 0 Å². The normalized spacial score (nSPS) is 13.5. The third-order valence-corrected chi connectivity index (χ3v) is 8.14. The second-order valence-electron chi connectivity index (χ2n) is 9.80. The van der Waals surface area contributed by atoms with Gasteiger partial charge in [-0.25, -0.2) is 4.98 Å². The molecule has 3 aromatic heterocycles. The molecular formula is C32H19N3. The van der Waals surface area contributed by atoms with E-state index in [0.29, 0.717) is 0 Å². The number of benzene rings is 4. The Hall–Kier alpha value is -4.50. The van der Waals surface area contributed by atoms with Crippen molar-refractivity contribution in [1.29, 1.82) is 0 Å². The predicted octanol–water partition coefficient (Wildman–Crippen LogP) is 7.33. The Bertz CT molecular complexity index is 2060. The van der Waals surface area contributed by atoms with Crippen molar-refractivity contribution in [2.75, 3.05) is 0 Å². The number of aromatic nitrogens is 3. The Morgan fingerprint density at radius 1 is 0.629 bits per heavy atom. The molecule has 0 spiro atoms. The fraction of sp³-hybridized carbons (Fsp3) is 0.0625. The summed E-state index contributed by atoms with van der Waals surface area (Å²) < 4.78 is 2.30. The van der Waals surface area contributed by atoms with Crippen molar-refractivity contribution in [2.24, 2.45) is 0 Å². The van der Waals surface area contributed by atoms with E-state index in [9.17, 15) is 0 Å². The average molecular weight is 446 g/mol. The van der Waals surface area contributed by atoms with E-state index in [1.54, 1.807) is 0 Å². The fourth-order valence-corrected chi connectivity index (χ4v) is 6.69. The van der Waals surface area contributed by atoms with Gasteiger partial charge in [0.25, 0.3) is 0 Å². The van der Waals surface area contributed by atoms with Gasteiger partial charge in [-0.05, 0) is 75.5 Å². The SMILES string of the molecule is c1ccc2c(c1)Cc1c-2ccc2c1Cc1ccc3c(c1-2)c1cnccc1n1c2ccccc2nc31. The van der Waals surface area contributed by atoms with Gasteiger partial charge >= 0.3 is 0 Å². The summed E-state index contributed by atoms with van der Waals surface area (Å²) in [5.41, 5.74) is 15.7. The zero-order valence-corrected chi connectivity index (χ0v) is 18.9. The van der Waals surface area contributed by atoms with Crippen LogP contribution in [-0.2, 0) is 12.8 Å². The highest BCUT2D eigenvalue weighted by atomic mass is 15.0. The van der Waals surface area contributed by atoms with Crippen LogP contribution >= 0.6 is 0 Å². The molecule has 0 unspecified atom stereocenters. The minimum atomic E-state index is 0.987. The molecule has 162 valence electrons. The number of hydrogen-bond acceptors (Lipinski definition) is 2. The predicted molar refractivity (Wildman–Crippen MR) is 142 cm³/mol. The highest BCUT2D eigenvalue weighted by molar-refractivity contribution is 6.20. The van der Waals surface area contributed by atoms with Gasteiger partial charge in [-0.2, -0.15) is 0 Å². The van der Waals surface area contributed by atoms with Gasteiger partial charge < -0.3 is 0 Å². The van der Waals surface area contributed by atoms with Crippen LogP contribution < -0.4 is 0 Å². The minimum absolute atomic E-state index is 0.987. The monoisotopic (exact) mass is 445 g/mol. The van der Waals surface area contributed by atoms with Crippen molar-refractivity contribution < 1.29 is 0 Å². The van der Waals surface area contributed by atoms with Gasteiger partial charge in [-0.3, -0.25) is 9.38 Å². The van der Waals surface area contributed by atoms with Crippen molar-refractivity contribution in [3.8, 4) is 22.3 Å². The second kappa shape index (κ2) is 6.13. The summed E-state index contributed by atoms with van der Waals surface area (Å²) in [7, 11) is 0. The molecule has 0 bridgehead atoms. The molecule has 3 nitrogen and oxygen atoms in total. The lowest BCUT2D eigenvalue weighted by Gasteiger charge is -2.13. The Labute approximate surface area is 201 Å². The van der Waals surface area contributed by atoms with Gasteiger partial charge in [0.05, 0.1) is 16.6 Å². The van der Waals surface area contributed by atoms with Crippen molar-refractivity contribution in [1.82, 2.24) is 14.4 Å². The lowest BCUT2D eigenvalue weighted by Crippen LogP contribution is -1.94. The molecule has 7 aromatic rings. The molecule has 0 saturated carbocycles. The molecular weight excluding hydrogens is 426 g/mol. The van der Waals surface area contributed by atoms with Crippen LogP contribution in [0.2, 0.25) is 0 Å². The minimum Gasteiger partial charge on any atom is -0.292 e. The van der Waals surface area contributed by atoms with E-state index in [2.05, 4.69) is 88.2 Å². The topological polar surface area (TPSA) is 30.2 Å². The summed E-state index contributed by atoms with van der Waals surface area (Å²) in [6, 6.07) is 28.7. The quantitative estimate of drug-likeness (QED) is 0.229. The summed E-state index contributed by atoms with van der Waals surface area (Å²) >= 11 is 0. The van der Waals surface area contributed by atoms with E-state index in [1.807, 2.05) is 12.4 Å². The molecule has 9 rings (SSSR count). The summed E-state index contributed by atoms with van der Waals surface area (Å²) in [5, 5.41) is 3.66. The smallest absolute Gasteiger partial charge is 0.146 e. The first-order valence-electron chi connectivity index (χ1n) is 12.2. The average Bonchev–Trinajstić information content (AvgIpc) is 3.59. The Balaban J connectivity index is 1.44. The van der Waals surface area contributed by atoms with Crippen molar-refractivity contribution in [2.45, 2.75) is 12.8 Å². The lowest BCUT2D eigenvalue weighted by atomic mass is 9.93. The maximum Gasteiger partial charge on any atom is 0.146 e. The highest BCUT2D eigenvalue weighted by Gasteiger charge is 2.30. The maximum atomic E-state index is 5.10. The number of para-hydroxylation sites is 2. The van der Waals surface area contributed by atoms with E-state index in [4.69, 9.17) is 4.98 Å². The van der Waals surface area contributed by atoms with Crippen LogP contribution in [0.1, 0.15) is 22.3 Å². The number of pyridine rings is 2. The van der Waals surface area contributed by atoms with Crippen LogP contribution in [-0.4, -0.2) is 14.4 Å². The summed E-state index contributed by atoms with van der Waals surface area (Å²) in [4.78, 5) is 9.67. The highest BCUT2D eigenvalue weighted by Crippen LogP contribution is 2.50. The Morgan fingerprint density at radius 2 is 1.46 bits per heavy atom. The van der Waals surface area contributed by atoms with E-state index in [0.717, 1.165) is 35.0 Å². The van der Waals surface area contributed by atoms with Gasteiger partial charge in [0.15, 0.2) is 0 Å². The molecule has 35 heavy (non-hydrogen) atoms. The Morgan fingerprint density at radius 3 is 2.46 bits per heavy atom. The molecule has 0 fully saturated rings. The Kier molecular flexibility index (Phi) is 3.14. The summed E-state index contributed by atoms with van der Waals surface area (Å²) in [5.74, 6) is 0. The number of fused-ring (bicyclic) bond motifs is 16. The molecule has 3 heterocycles. The third-order valence-electron chi connectivity index (χ3n) is 8.14. The number of hydrogen-bond donors (Lipinski definition) is 0. The van der Waals surface area contributed by atoms with E-state index in [-0.39, 0.29) is 0 Å². The van der Waals surface area contributed by atoms with Crippen LogP contribution in [0.25, 0.3) is 60.6 Å². The number of rotatable bonds is 0. The number of imidazole rings is 1. The second-order valence-corrected chi connectivity index (χ2v) is 9.80. The molecule has 4 aromatic carbocycles. The molecule has 0 N–H and O–H groups in total. The first-order chi connectivity index (χ1) is 17.4. The molecule has 0 saturated heterocycles. The van der Waals surface area contributed by atoms with Crippen LogP contribution in [0, 0.1) is 0 Å². The van der Waals surface area contributed by atoms with Crippen molar-refractivity contribution in [3.63, 3.8) is 0 Å². The number of nitrogens with zero attached hydrogens (tertiary/aromatic N) is 3. The van der Waals surface area contributed by atoms with Crippen molar-refractivity contribution >= 4 is 38.4 Å². The van der Waals surface area contributed by atoms with Crippen LogP contribution in [0.15, 0.2) is 91.3 Å². The molecule has 0 radical (unpaired) electrons. The van der Waals surface area contributed by atoms with Crippen molar-refractivity contribution in [3.05, 3.63) is 114 Å². The van der Waals surface area contributed by atoms with Gasteiger partial charge in [-0.1, -0.05) is 60.7 Å². The maximum absolute atomic E-state index is 5.10. The van der Waals surface area contributed by atoms with Gasteiger partial charge in [0, 0.05) is 28.6 Å². The lowest BCUT2D eigenvalue weighted by molar-refractivity contribution is 1.16. The molecule has 3 heteroatoms. The van der Waals surface area contributed by atoms with Gasteiger partial charge in [0.1, 0.15) is 5.65 Å². The molecule has 2 aliphatic carbocycles. The van der Waals surface area contributed by atoms with E-state index in [1.165, 1.54) is 60.7 Å². The zero-order chi connectivity index (χ0) is 22.7. The van der Waals surface area contributed by atoms with E-state index >= 15 is 0 Å². The summed E-state index contributed by atoms with van der Waals surface area (Å²) in [6.07, 6.45) is 5.94. The third kappa shape index (κ3) is 2.12. The van der Waals surface area contributed by atoms with Gasteiger partial charge in [-0.15, -0.1) is 0 Å². The van der Waals surface area contributed by atoms with E-state index < -0.39 is 0 Å². The molecule has 0 atom stereocenters. The molecule has 0 amide bonds. The fourth-order valence-electron chi connectivity index (χ4n) is 6.69. The first-order valence-corrected chi connectivity index (χ1v) is 12.2. The van der Waals surface area contributed by atoms with Crippen LogP contribution in [0.3, 0.4) is 0 Å². The van der Waals surface area contributed by atoms with Gasteiger partial charge in [0.2, 0.25) is 0 Å². The van der Waals surface area contributed by atoms with Crippen LogP contribution in [0.4, 0.5) is 0 Å². The molecule has 0 aliphatic heterocycles. The zero-order valence-electron chi connectivity index (χ0n) is 18.9. The standard InChI is InChI=1S/C32H19N3/c1-2-6-20-18(5-1)15-24-21(20)11-12-22-25(24)16-19-9-10-23-31(30(19)22)26-17-33-14-13-28(26)35-29-8-4-3-7-27(29)34-32(23)35/h1-14,17H,15-16H2.